The number of rotatable bonds is 4. The highest BCUT2D eigenvalue weighted by atomic mass is 16.1. The first-order valence-corrected chi connectivity index (χ1v) is 5.77. The quantitative estimate of drug-likeness (QED) is 0.513. The zero-order valence-corrected chi connectivity index (χ0v) is 9.78. The molecule has 1 amide bonds. The third kappa shape index (κ3) is 3.90. The lowest BCUT2D eigenvalue weighted by Gasteiger charge is -2.29. The van der Waals surface area contributed by atoms with E-state index in [1.54, 1.807) is 0 Å². The van der Waals surface area contributed by atoms with Crippen LogP contribution in [0.25, 0.3) is 0 Å². The van der Waals surface area contributed by atoms with Crippen LogP contribution in [0, 0.1) is 5.92 Å². The van der Waals surface area contributed by atoms with E-state index in [1.165, 1.54) is 5.57 Å². The maximum Gasteiger partial charge on any atom is 0.209 e. The number of hydrogen-bond donors (Lipinski definition) is 0. The van der Waals surface area contributed by atoms with E-state index >= 15 is 0 Å². The molecule has 0 radical (unpaired) electrons. The summed E-state index contributed by atoms with van der Waals surface area (Å²) in [7, 11) is 0. The number of piperidine rings is 1. The second-order valence-corrected chi connectivity index (χ2v) is 4.15. The average Bonchev–Trinajstić information content (AvgIpc) is 2.29. The maximum atomic E-state index is 10.6. The highest BCUT2D eigenvalue weighted by Gasteiger charge is 2.17. The first-order chi connectivity index (χ1) is 7.30. The second kappa shape index (κ2) is 6.44. The smallest absolute Gasteiger partial charge is 0.209 e. The Morgan fingerprint density at radius 2 is 2.00 bits per heavy atom. The second-order valence-electron chi connectivity index (χ2n) is 4.15. The van der Waals surface area contributed by atoms with Gasteiger partial charge in [-0.1, -0.05) is 23.8 Å². The van der Waals surface area contributed by atoms with Crippen LogP contribution in [0.2, 0.25) is 0 Å². The van der Waals surface area contributed by atoms with E-state index in [9.17, 15) is 4.79 Å². The number of likely N-dealkylation sites (tertiary alicyclic amines) is 1. The van der Waals surface area contributed by atoms with Crippen molar-refractivity contribution in [2.45, 2.75) is 33.1 Å². The molecule has 0 N–H and O–H groups in total. The van der Waals surface area contributed by atoms with Crippen LogP contribution < -0.4 is 0 Å². The van der Waals surface area contributed by atoms with Crippen molar-refractivity contribution in [2.75, 3.05) is 13.1 Å². The van der Waals surface area contributed by atoms with Gasteiger partial charge in [-0.25, -0.2) is 0 Å². The van der Waals surface area contributed by atoms with Crippen molar-refractivity contribution in [2.24, 2.45) is 5.92 Å². The molecule has 1 saturated heterocycles. The molecule has 1 fully saturated rings. The van der Waals surface area contributed by atoms with Crippen molar-refractivity contribution in [1.29, 1.82) is 0 Å². The zero-order valence-electron chi connectivity index (χ0n) is 9.78. The van der Waals surface area contributed by atoms with Crippen LogP contribution in [0.4, 0.5) is 0 Å². The standard InChI is InChI=1S/C13H21NO/c1-3-5-12(4-2)10-13-6-8-14(11-15)9-7-13/h3-5,11,13H,6-10H2,1-2H3/b5-3-,12-4+. The summed E-state index contributed by atoms with van der Waals surface area (Å²) in [5.41, 5.74) is 1.42. The monoisotopic (exact) mass is 207 g/mol. The molecular weight excluding hydrogens is 186 g/mol. The van der Waals surface area contributed by atoms with Gasteiger partial charge in [0, 0.05) is 13.1 Å². The number of hydrogen-bond acceptors (Lipinski definition) is 1. The van der Waals surface area contributed by atoms with Crippen molar-refractivity contribution in [3.63, 3.8) is 0 Å². The van der Waals surface area contributed by atoms with Gasteiger partial charge in [0.15, 0.2) is 0 Å². The van der Waals surface area contributed by atoms with Crippen LogP contribution >= 0.6 is 0 Å². The number of carbonyl (C=O) groups is 1. The molecule has 0 bridgehead atoms. The van der Waals surface area contributed by atoms with Crippen molar-refractivity contribution in [3.8, 4) is 0 Å². The molecular formula is C13H21NO. The Bertz CT molecular complexity index is 247. The Morgan fingerprint density at radius 3 is 2.47 bits per heavy atom. The topological polar surface area (TPSA) is 20.3 Å². The normalized spacial score (nSPS) is 19.9. The van der Waals surface area contributed by atoms with Crippen LogP contribution in [-0.4, -0.2) is 24.4 Å². The fourth-order valence-electron chi connectivity index (χ4n) is 2.09. The largest absolute Gasteiger partial charge is 0.345 e. The van der Waals surface area contributed by atoms with Crippen LogP contribution in [0.3, 0.4) is 0 Å². The van der Waals surface area contributed by atoms with Crippen LogP contribution in [-0.2, 0) is 4.79 Å². The molecule has 0 unspecified atom stereocenters. The highest BCUT2D eigenvalue weighted by Crippen LogP contribution is 2.23. The molecule has 0 spiro atoms. The minimum absolute atomic E-state index is 0.753. The molecule has 0 aromatic heterocycles. The SMILES string of the molecule is C/C=C\C(=C/C)CC1CCN(C=O)CC1. The van der Waals surface area contributed by atoms with Gasteiger partial charge in [0.1, 0.15) is 0 Å². The summed E-state index contributed by atoms with van der Waals surface area (Å²) in [5.74, 6) is 0.753. The van der Waals surface area contributed by atoms with Gasteiger partial charge in [0.05, 0.1) is 0 Å². The van der Waals surface area contributed by atoms with Crippen molar-refractivity contribution < 1.29 is 4.79 Å². The summed E-state index contributed by atoms with van der Waals surface area (Å²) in [6.45, 7) is 6.01. The molecule has 1 aliphatic heterocycles. The van der Waals surface area contributed by atoms with Crippen LogP contribution in [0.1, 0.15) is 33.1 Å². The fraction of sp³-hybridized carbons (Fsp3) is 0.615. The van der Waals surface area contributed by atoms with Gasteiger partial charge in [0.2, 0.25) is 6.41 Å². The third-order valence-electron chi connectivity index (χ3n) is 3.07. The van der Waals surface area contributed by atoms with Gasteiger partial charge in [-0.2, -0.15) is 0 Å². The van der Waals surface area contributed by atoms with E-state index in [1.807, 2.05) is 4.90 Å². The molecule has 2 nitrogen and oxygen atoms in total. The lowest BCUT2D eigenvalue weighted by Crippen LogP contribution is -2.32. The maximum absolute atomic E-state index is 10.6. The van der Waals surface area contributed by atoms with Gasteiger partial charge < -0.3 is 4.90 Å². The Kier molecular flexibility index (Phi) is 5.16. The molecule has 15 heavy (non-hydrogen) atoms. The molecule has 0 atom stereocenters. The van der Waals surface area contributed by atoms with E-state index in [0.717, 1.165) is 44.7 Å². The first kappa shape index (κ1) is 12.0. The predicted molar refractivity (Wildman–Crippen MR) is 63.5 cm³/mol. The average molecular weight is 207 g/mol. The number of allylic oxidation sites excluding steroid dienone is 4. The van der Waals surface area contributed by atoms with Crippen molar-refractivity contribution in [3.05, 3.63) is 23.8 Å². The molecule has 2 heteroatoms. The van der Waals surface area contributed by atoms with Gasteiger partial charge >= 0.3 is 0 Å². The molecule has 1 rings (SSSR count). The molecule has 0 aliphatic carbocycles. The Labute approximate surface area is 92.7 Å². The summed E-state index contributed by atoms with van der Waals surface area (Å²) in [5, 5.41) is 0. The highest BCUT2D eigenvalue weighted by molar-refractivity contribution is 5.47. The van der Waals surface area contributed by atoms with Crippen LogP contribution in [0.5, 0.6) is 0 Å². The van der Waals surface area contributed by atoms with Crippen LogP contribution in [0.15, 0.2) is 23.8 Å². The number of nitrogens with zero attached hydrogens (tertiary/aromatic N) is 1. The molecule has 84 valence electrons. The summed E-state index contributed by atoms with van der Waals surface area (Å²) < 4.78 is 0. The van der Waals surface area contributed by atoms with E-state index < -0.39 is 0 Å². The molecule has 0 saturated carbocycles. The van der Waals surface area contributed by atoms with Crippen molar-refractivity contribution in [1.82, 2.24) is 4.90 Å². The lowest BCUT2D eigenvalue weighted by atomic mass is 9.90. The molecule has 1 heterocycles. The Morgan fingerprint density at radius 1 is 1.33 bits per heavy atom. The Balaban J connectivity index is 2.37. The van der Waals surface area contributed by atoms with Gasteiger partial charge in [-0.15, -0.1) is 0 Å². The molecule has 0 aromatic rings. The Hall–Kier alpha value is -1.05. The van der Waals surface area contributed by atoms with E-state index in [4.69, 9.17) is 0 Å². The van der Waals surface area contributed by atoms with Crippen molar-refractivity contribution >= 4 is 6.41 Å². The summed E-state index contributed by atoms with van der Waals surface area (Å²) in [6.07, 6.45) is 10.9. The minimum atomic E-state index is 0.753. The minimum Gasteiger partial charge on any atom is -0.345 e. The summed E-state index contributed by atoms with van der Waals surface area (Å²) >= 11 is 0. The lowest BCUT2D eigenvalue weighted by molar-refractivity contribution is -0.119. The number of amides is 1. The van der Waals surface area contributed by atoms with E-state index in [2.05, 4.69) is 32.1 Å². The molecule has 0 aromatic carbocycles. The van der Waals surface area contributed by atoms with Gasteiger partial charge in [-0.3, -0.25) is 4.79 Å². The first-order valence-electron chi connectivity index (χ1n) is 5.77. The van der Waals surface area contributed by atoms with E-state index in [0.29, 0.717) is 0 Å². The fourth-order valence-corrected chi connectivity index (χ4v) is 2.09. The van der Waals surface area contributed by atoms with E-state index in [-0.39, 0.29) is 0 Å². The van der Waals surface area contributed by atoms with Gasteiger partial charge in [-0.05, 0) is 39.0 Å². The summed E-state index contributed by atoms with van der Waals surface area (Å²) in [6, 6.07) is 0. The molecule has 1 aliphatic rings. The number of carbonyl (C=O) groups excluding carboxylic acids is 1. The predicted octanol–water partition coefficient (Wildman–Crippen LogP) is 2.77. The zero-order chi connectivity index (χ0) is 11.1. The summed E-state index contributed by atoms with van der Waals surface area (Å²) in [4.78, 5) is 12.4. The van der Waals surface area contributed by atoms with Gasteiger partial charge in [0.25, 0.3) is 0 Å². The third-order valence-corrected chi connectivity index (χ3v) is 3.07.